The van der Waals surface area contributed by atoms with Crippen LogP contribution in [0, 0.1) is 5.41 Å². The van der Waals surface area contributed by atoms with E-state index in [1.54, 1.807) is 21.9 Å². The van der Waals surface area contributed by atoms with Crippen molar-refractivity contribution in [1.82, 2.24) is 0 Å². The van der Waals surface area contributed by atoms with E-state index in [0.29, 0.717) is 2.75 Å². The third-order valence-electron chi connectivity index (χ3n) is 6.41. The van der Waals surface area contributed by atoms with Gasteiger partial charge in [-0.05, 0) is 0 Å². The molecule has 0 bridgehead atoms. The Balaban J connectivity index is 0.00000312. The van der Waals surface area contributed by atoms with Gasteiger partial charge in [-0.3, -0.25) is 0 Å². The molecule has 0 amide bonds. The van der Waals surface area contributed by atoms with E-state index in [2.05, 4.69) is 92.1 Å². The van der Waals surface area contributed by atoms with Crippen molar-refractivity contribution in [2.45, 2.75) is 76.6 Å². The van der Waals surface area contributed by atoms with Crippen LogP contribution in [0.5, 0.6) is 0 Å². The van der Waals surface area contributed by atoms with Crippen molar-refractivity contribution in [3.63, 3.8) is 0 Å². The molecule has 0 aromatic heterocycles. The number of rotatable bonds is 4. The summed E-state index contributed by atoms with van der Waals surface area (Å²) < 4.78 is 2.30. The van der Waals surface area contributed by atoms with Gasteiger partial charge in [0.05, 0.1) is 0 Å². The Morgan fingerprint density at radius 3 is 1.65 bits per heavy atom. The second-order valence-corrected chi connectivity index (χ2v) is 25.8. The van der Waals surface area contributed by atoms with Gasteiger partial charge in [0, 0.05) is 0 Å². The van der Waals surface area contributed by atoms with Crippen molar-refractivity contribution >= 4 is 16.1 Å². The van der Waals surface area contributed by atoms with Crippen molar-refractivity contribution in [3.05, 3.63) is 43.4 Å². The molecule has 5 heteroatoms. The number of hydrogen-bond donors (Lipinski definition) is 0. The first-order valence-corrected chi connectivity index (χ1v) is 18.7. The van der Waals surface area contributed by atoms with Gasteiger partial charge in [0.1, 0.15) is 0 Å². The molecule has 1 unspecified atom stereocenters. The minimum atomic E-state index is -1.32. The van der Waals surface area contributed by atoms with Crippen LogP contribution in [0.3, 0.4) is 0 Å². The normalized spacial score (nSPS) is 25.0. The molecule has 0 aromatic rings. The van der Waals surface area contributed by atoms with Gasteiger partial charge in [-0.1, -0.05) is 0 Å². The Morgan fingerprint density at radius 1 is 0.846 bits per heavy atom. The molecule has 0 saturated heterocycles. The van der Waals surface area contributed by atoms with Crippen molar-refractivity contribution < 1.29 is 48.0 Å². The van der Waals surface area contributed by atoms with Gasteiger partial charge < -0.3 is 24.8 Å². The fourth-order valence-corrected chi connectivity index (χ4v) is 14.7. The molecule has 0 aliphatic heterocycles. The summed E-state index contributed by atoms with van der Waals surface area (Å²) in [5.74, 6) is 0. The average Bonchev–Trinajstić information content (AvgIpc) is 2.91. The first kappa shape index (κ1) is 26.9. The summed E-state index contributed by atoms with van der Waals surface area (Å²) in [5, 5.41) is 1.70. The molecule has 0 N–H and O–H groups in total. The largest absolute Gasteiger partial charge is 1.00 e. The number of allylic oxidation sites excluding steroid dienone is 8. The Kier molecular flexibility index (Phi) is 8.58. The van der Waals surface area contributed by atoms with Crippen molar-refractivity contribution in [1.29, 1.82) is 0 Å². The molecule has 2 rings (SSSR count). The molecule has 0 saturated carbocycles. The van der Waals surface area contributed by atoms with E-state index >= 15 is 0 Å². The molecule has 26 heavy (non-hydrogen) atoms. The predicted octanol–water partition coefficient (Wildman–Crippen LogP) is 1.14. The Labute approximate surface area is 188 Å². The summed E-state index contributed by atoms with van der Waals surface area (Å²) in [6.45, 7) is 27.3. The number of hydrogen-bond acceptors (Lipinski definition) is 0. The van der Waals surface area contributed by atoms with Crippen LogP contribution in [0.1, 0.15) is 34.6 Å². The number of halogens is 2. The first-order valence-electron chi connectivity index (χ1n) is 9.24. The van der Waals surface area contributed by atoms with Crippen LogP contribution in [0.15, 0.2) is 43.4 Å². The Bertz CT molecular complexity index is 686. The summed E-state index contributed by atoms with van der Waals surface area (Å²) >= 11 is -0.752. The molecule has 0 spiro atoms. The standard InChI is InChI=1S/C11H21Si2.C10H15.2ClH.Zr/c1-12(2,3)10-7-8-11(9-10)13(4,5)6;1-7-6-10(4,5)9(3)8(7)2;;;/h7-9H,1-6H3;1-5H3;2*1H;/q;;;;+2/p-2. The van der Waals surface area contributed by atoms with Gasteiger partial charge in [-0.2, -0.15) is 0 Å². The van der Waals surface area contributed by atoms with E-state index in [1.165, 1.54) is 0 Å². The van der Waals surface area contributed by atoms with Crippen LogP contribution in [-0.4, -0.2) is 16.1 Å². The van der Waals surface area contributed by atoms with Crippen LogP contribution in [0.2, 0.25) is 42.0 Å². The predicted molar refractivity (Wildman–Crippen MR) is 111 cm³/mol. The summed E-state index contributed by atoms with van der Waals surface area (Å²) in [4.78, 5) is 0. The average molecular weight is 507 g/mol. The smallest absolute Gasteiger partial charge is 1.00 e. The summed E-state index contributed by atoms with van der Waals surface area (Å²) in [6.07, 6.45) is 7.96. The van der Waals surface area contributed by atoms with Crippen LogP contribution < -0.4 is 24.8 Å². The molecule has 0 aromatic carbocycles. The van der Waals surface area contributed by atoms with E-state index in [1.807, 2.05) is 3.28 Å². The van der Waals surface area contributed by atoms with E-state index < -0.39 is 39.4 Å². The molecule has 1 atom stereocenters. The molecular formula is C21H36Cl2Si2Zr. The molecule has 0 radical (unpaired) electrons. The van der Waals surface area contributed by atoms with Gasteiger partial charge in [0.2, 0.25) is 0 Å². The molecule has 2 aliphatic rings. The maximum absolute atomic E-state index is 2.77. The third-order valence-corrected chi connectivity index (χ3v) is 22.4. The summed E-state index contributed by atoms with van der Waals surface area (Å²) in [6, 6.07) is 0. The van der Waals surface area contributed by atoms with Crippen molar-refractivity contribution in [2.75, 3.05) is 0 Å². The minimum absolute atomic E-state index is 0. The second-order valence-electron chi connectivity index (χ2n) is 10.3. The second kappa shape index (κ2) is 8.31. The molecule has 0 nitrogen and oxygen atoms in total. The fourth-order valence-electron chi connectivity index (χ4n) is 3.81. The Hall–Kier alpha value is 0.857. The fraction of sp³-hybridized carbons (Fsp3) is 0.619. The maximum atomic E-state index is 2.77. The summed E-state index contributed by atoms with van der Waals surface area (Å²) in [7, 11) is -2.55. The monoisotopic (exact) mass is 504 g/mol. The molecule has 146 valence electrons. The van der Waals surface area contributed by atoms with E-state index in [9.17, 15) is 0 Å². The molecular weight excluding hydrogens is 471 g/mol. The zero-order chi connectivity index (χ0) is 18.7. The van der Waals surface area contributed by atoms with Crippen LogP contribution in [0.4, 0.5) is 0 Å². The molecule has 0 fully saturated rings. The van der Waals surface area contributed by atoms with Crippen molar-refractivity contribution in [3.8, 4) is 0 Å². The maximum Gasteiger partial charge on any atom is -1.00 e. The SMILES string of the molecule is CC1=C(C)C(C)(C)[C]([Zr+2][C]2([Si](C)(C)C)C=CC([Si](C)(C)C)=C2)=C1C.[Cl-].[Cl-]. The van der Waals surface area contributed by atoms with Crippen LogP contribution in [0.25, 0.3) is 0 Å². The van der Waals surface area contributed by atoms with E-state index in [4.69, 9.17) is 0 Å². The topological polar surface area (TPSA) is 0 Å². The first-order chi connectivity index (χ1) is 10.6. The molecule has 2 aliphatic carbocycles. The van der Waals surface area contributed by atoms with E-state index in [0.717, 1.165) is 0 Å². The van der Waals surface area contributed by atoms with Crippen LogP contribution >= 0.6 is 0 Å². The van der Waals surface area contributed by atoms with Gasteiger partial charge in [0.25, 0.3) is 0 Å². The molecule has 0 heterocycles. The van der Waals surface area contributed by atoms with E-state index in [-0.39, 0.29) is 30.2 Å². The van der Waals surface area contributed by atoms with Crippen molar-refractivity contribution in [2.24, 2.45) is 5.41 Å². The zero-order valence-corrected chi connectivity index (χ0v) is 24.5. The van der Waals surface area contributed by atoms with Crippen LogP contribution in [-0.2, 0) is 23.2 Å². The van der Waals surface area contributed by atoms with Gasteiger partial charge >= 0.3 is 165 Å². The minimum Gasteiger partial charge on any atom is -1.00 e. The summed E-state index contributed by atoms with van der Waals surface area (Å²) in [5.41, 5.74) is 5.09. The zero-order valence-electron chi connectivity index (χ0n) is 18.5. The quantitative estimate of drug-likeness (QED) is 0.502. The Morgan fingerprint density at radius 2 is 1.35 bits per heavy atom. The van der Waals surface area contributed by atoms with Gasteiger partial charge in [-0.25, -0.2) is 0 Å². The van der Waals surface area contributed by atoms with Gasteiger partial charge in [-0.15, -0.1) is 0 Å². The van der Waals surface area contributed by atoms with Gasteiger partial charge in [0.15, 0.2) is 0 Å². The third kappa shape index (κ3) is 4.53.